The minimum absolute atomic E-state index is 0.374. The zero-order valence-corrected chi connectivity index (χ0v) is 12.7. The van der Waals surface area contributed by atoms with E-state index in [1.165, 1.54) is 22.3 Å². The minimum Gasteiger partial charge on any atom is -0.310 e. The number of nitrogens with zero attached hydrogens (tertiary/aromatic N) is 1. The molecule has 2 aromatic rings. The van der Waals surface area contributed by atoms with Crippen molar-refractivity contribution in [3.8, 4) is 0 Å². The van der Waals surface area contributed by atoms with Gasteiger partial charge in [0.1, 0.15) is 0 Å². The Morgan fingerprint density at radius 3 is 2.30 bits per heavy atom. The fourth-order valence-electron chi connectivity index (χ4n) is 2.73. The molecule has 0 aliphatic carbocycles. The van der Waals surface area contributed by atoms with E-state index in [4.69, 9.17) is 0 Å². The van der Waals surface area contributed by atoms with Crippen molar-refractivity contribution in [2.24, 2.45) is 0 Å². The average Bonchev–Trinajstić information content (AvgIpc) is 2.45. The van der Waals surface area contributed by atoms with Crippen LogP contribution in [-0.2, 0) is 6.42 Å². The van der Waals surface area contributed by atoms with Gasteiger partial charge in [-0.25, -0.2) is 0 Å². The Hall–Kier alpha value is -1.67. The molecule has 1 N–H and O–H groups in total. The molecule has 0 aliphatic rings. The first kappa shape index (κ1) is 14.7. The Morgan fingerprint density at radius 1 is 1.05 bits per heavy atom. The summed E-state index contributed by atoms with van der Waals surface area (Å²) in [7, 11) is 0. The molecule has 2 nitrogen and oxygen atoms in total. The van der Waals surface area contributed by atoms with Crippen LogP contribution in [0.1, 0.15) is 41.6 Å². The van der Waals surface area contributed by atoms with Gasteiger partial charge in [-0.1, -0.05) is 25.1 Å². The van der Waals surface area contributed by atoms with Crippen molar-refractivity contribution in [3.63, 3.8) is 0 Å². The number of aryl methyl sites for hydroxylation is 2. The number of nitrogens with one attached hydrogen (secondary N) is 1. The van der Waals surface area contributed by atoms with Gasteiger partial charge in [0.25, 0.3) is 0 Å². The topological polar surface area (TPSA) is 24.9 Å². The second-order valence-electron chi connectivity index (χ2n) is 5.37. The Kier molecular flexibility index (Phi) is 5.31. The standard InChI is InChI=1S/C18H24N2/c1-4-10-20-17(13-16-8-11-19-12-9-16)18-14(2)6-5-7-15(18)3/h5-9,11-12,17,20H,4,10,13H2,1-3H3. The first-order chi connectivity index (χ1) is 9.72. The van der Waals surface area contributed by atoms with Gasteiger partial charge in [0, 0.05) is 18.4 Å². The average molecular weight is 268 g/mol. The molecule has 106 valence electrons. The third-order valence-electron chi connectivity index (χ3n) is 3.72. The van der Waals surface area contributed by atoms with Crippen LogP contribution in [0.2, 0.25) is 0 Å². The molecule has 0 saturated heterocycles. The van der Waals surface area contributed by atoms with E-state index < -0.39 is 0 Å². The van der Waals surface area contributed by atoms with E-state index in [-0.39, 0.29) is 0 Å². The van der Waals surface area contributed by atoms with Gasteiger partial charge in [-0.05, 0) is 67.6 Å². The maximum atomic E-state index is 4.10. The van der Waals surface area contributed by atoms with Gasteiger partial charge in [0.2, 0.25) is 0 Å². The quantitative estimate of drug-likeness (QED) is 0.857. The monoisotopic (exact) mass is 268 g/mol. The highest BCUT2D eigenvalue weighted by Gasteiger charge is 2.15. The van der Waals surface area contributed by atoms with Crippen molar-refractivity contribution in [2.45, 2.75) is 39.7 Å². The second-order valence-corrected chi connectivity index (χ2v) is 5.37. The third-order valence-corrected chi connectivity index (χ3v) is 3.72. The van der Waals surface area contributed by atoms with E-state index in [0.717, 1.165) is 19.4 Å². The molecule has 0 amide bonds. The molecule has 0 aliphatic heterocycles. The molecule has 2 rings (SSSR count). The maximum absolute atomic E-state index is 4.10. The maximum Gasteiger partial charge on any atom is 0.0366 e. The van der Waals surface area contributed by atoms with Crippen molar-refractivity contribution in [1.82, 2.24) is 10.3 Å². The Morgan fingerprint density at radius 2 is 1.70 bits per heavy atom. The molecule has 1 atom stereocenters. The van der Waals surface area contributed by atoms with Gasteiger partial charge in [-0.3, -0.25) is 4.98 Å². The van der Waals surface area contributed by atoms with Gasteiger partial charge in [0.15, 0.2) is 0 Å². The summed E-state index contributed by atoms with van der Waals surface area (Å²) >= 11 is 0. The Balaban J connectivity index is 2.27. The molecule has 0 bridgehead atoms. The second kappa shape index (κ2) is 7.20. The van der Waals surface area contributed by atoms with Gasteiger partial charge in [-0.2, -0.15) is 0 Å². The van der Waals surface area contributed by atoms with Crippen LogP contribution in [0.5, 0.6) is 0 Å². The molecule has 1 aromatic heterocycles. The number of pyridine rings is 1. The van der Waals surface area contributed by atoms with Crippen LogP contribution in [0, 0.1) is 13.8 Å². The lowest BCUT2D eigenvalue weighted by atomic mass is 9.92. The van der Waals surface area contributed by atoms with Crippen molar-refractivity contribution >= 4 is 0 Å². The van der Waals surface area contributed by atoms with Crippen LogP contribution in [0.25, 0.3) is 0 Å². The molecular weight excluding hydrogens is 244 g/mol. The molecular formula is C18H24N2. The third kappa shape index (κ3) is 3.67. The highest BCUT2D eigenvalue weighted by atomic mass is 14.9. The van der Waals surface area contributed by atoms with Crippen molar-refractivity contribution in [2.75, 3.05) is 6.54 Å². The summed E-state index contributed by atoms with van der Waals surface area (Å²) in [6.45, 7) is 7.66. The summed E-state index contributed by atoms with van der Waals surface area (Å²) in [4.78, 5) is 4.10. The summed E-state index contributed by atoms with van der Waals surface area (Å²) in [5.74, 6) is 0. The molecule has 20 heavy (non-hydrogen) atoms. The number of hydrogen-bond acceptors (Lipinski definition) is 2. The predicted octanol–water partition coefficient (Wildman–Crippen LogP) is 3.98. The molecule has 0 spiro atoms. The van der Waals surface area contributed by atoms with Gasteiger partial charge < -0.3 is 5.32 Å². The highest BCUT2D eigenvalue weighted by molar-refractivity contribution is 5.37. The van der Waals surface area contributed by atoms with Gasteiger partial charge >= 0.3 is 0 Å². The summed E-state index contributed by atoms with van der Waals surface area (Å²) in [6, 6.07) is 11.1. The normalized spacial score (nSPS) is 12.3. The fourth-order valence-corrected chi connectivity index (χ4v) is 2.73. The van der Waals surface area contributed by atoms with Crippen LogP contribution in [-0.4, -0.2) is 11.5 Å². The van der Waals surface area contributed by atoms with E-state index in [1.807, 2.05) is 12.4 Å². The minimum atomic E-state index is 0.374. The van der Waals surface area contributed by atoms with E-state index in [9.17, 15) is 0 Å². The van der Waals surface area contributed by atoms with Crippen LogP contribution in [0.4, 0.5) is 0 Å². The zero-order valence-electron chi connectivity index (χ0n) is 12.7. The lowest BCUT2D eigenvalue weighted by molar-refractivity contribution is 0.525. The van der Waals surface area contributed by atoms with E-state index >= 15 is 0 Å². The van der Waals surface area contributed by atoms with Gasteiger partial charge in [-0.15, -0.1) is 0 Å². The fraction of sp³-hybridized carbons (Fsp3) is 0.389. The smallest absolute Gasteiger partial charge is 0.0366 e. The van der Waals surface area contributed by atoms with E-state index in [0.29, 0.717) is 6.04 Å². The molecule has 0 radical (unpaired) electrons. The van der Waals surface area contributed by atoms with Crippen molar-refractivity contribution in [1.29, 1.82) is 0 Å². The zero-order chi connectivity index (χ0) is 14.4. The lowest BCUT2D eigenvalue weighted by Crippen LogP contribution is -2.25. The van der Waals surface area contributed by atoms with Gasteiger partial charge in [0.05, 0.1) is 0 Å². The molecule has 0 saturated carbocycles. The number of rotatable bonds is 6. The lowest BCUT2D eigenvalue weighted by Gasteiger charge is -2.23. The SMILES string of the molecule is CCCNC(Cc1ccncc1)c1c(C)cccc1C. The molecule has 1 unspecified atom stereocenters. The van der Waals surface area contributed by atoms with Crippen LogP contribution < -0.4 is 5.32 Å². The Bertz CT molecular complexity index is 514. The number of benzene rings is 1. The first-order valence-corrected chi connectivity index (χ1v) is 7.40. The molecule has 0 fully saturated rings. The summed E-state index contributed by atoms with van der Waals surface area (Å²) < 4.78 is 0. The number of hydrogen-bond donors (Lipinski definition) is 1. The first-order valence-electron chi connectivity index (χ1n) is 7.40. The number of aromatic nitrogens is 1. The summed E-state index contributed by atoms with van der Waals surface area (Å²) in [5, 5.41) is 3.70. The molecule has 1 aromatic carbocycles. The van der Waals surface area contributed by atoms with Crippen LogP contribution >= 0.6 is 0 Å². The van der Waals surface area contributed by atoms with E-state index in [2.05, 4.69) is 61.4 Å². The summed E-state index contributed by atoms with van der Waals surface area (Å²) in [5.41, 5.74) is 5.51. The van der Waals surface area contributed by atoms with Crippen LogP contribution in [0.15, 0.2) is 42.7 Å². The largest absolute Gasteiger partial charge is 0.310 e. The molecule has 2 heteroatoms. The summed E-state index contributed by atoms with van der Waals surface area (Å²) in [6.07, 6.45) is 5.90. The van der Waals surface area contributed by atoms with Crippen molar-refractivity contribution in [3.05, 3.63) is 65.0 Å². The van der Waals surface area contributed by atoms with E-state index in [1.54, 1.807) is 0 Å². The van der Waals surface area contributed by atoms with Crippen LogP contribution in [0.3, 0.4) is 0 Å². The Labute approximate surface area is 122 Å². The highest BCUT2D eigenvalue weighted by Crippen LogP contribution is 2.25. The molecule has 1 heterocycles. The predicted molar refractivity (Wildman–Crippen MR) is 84.9 cm³/mol. The van der Waals surface area contributed by atoms with Crippen molar-refractivity contribution < 1.29 is 0 Å².